The molecule has 66 valence electrons. The molecule has 1 heterocycles. The van der Waals surface area contributed by atoms with Crippen LogP contribution in [-0.4, -0.2) is 4.98 Å². The predicted molar refractivity (Wildman–Crippen MR) is 46.0 cm³/mol. The summed E-state index contributed by atoms with van der Waals surface area (Å²) in [5.74, 6) is -0.317. The molecule has 0 aliphatic rings. The summed E-state index contributed by atoms with van der Waals surface area (Å²) in [7, 11) is 0. The summed E-state index contributed by atoms with van der Waals surface area (Å²) < 4.78 is 12.4. The van der Waals surface area contributed by atoms with Crippen LogP contribution in [0.25, 0.3) is 0 Å². The topological polar surface area (TPSA) is 38.9 Å². The van der Waals surface area contributed by atoms with Gasteiger partial charge in [0, 0.05) is 6.04 Å². The molecule has 12 heavy (non-hydrogen) atoms. The molecule has 0 aliphatic carbocycles. The molecule has 0 bridgehead atoms. The molecule has 0 aliphatic heterocycles. The van der Waals surface area contributed by atoms with Crippen LogP contribution in [0.2, 0.25) is 0 Å². The molecule has 0 fully saturated rings. The highest BCUT2D eigenvalue weighted by atomic mass is 19.1. The minimum Gasteiger partial charge on any atom is -0.323 e. The molecule has 2 nitrogen and oxygen atoms in total. The molecule has 0 saturated heterocycles. The highest BCUT2D eigenvalue weighted by Crippen LogP contribution is 2.12. The van der Waals surface area contributed by atoms with E-state index in [-0.39, 0.29) is 11.9 Å². The van der Waals surface area contributed by atoms with Crippen LogP contribution in [-0.2, 0) is 0 Å². The van der Waals surface area contributed by atoms with Gasteiger partial charge in [-0.1, -0.05) is 13.3 Å². The maximum Gasteiger partial charge on any atom is 0.141 e. The first-order chi connectivity index (χ1) is 5.74. The van der Waals surface area contributed by atoms with Crippen LogP contribution in [0.5, 0.6) is 0 Å². The van der Waals surface area contributed by atoms with Crippen molar-refractivity contribution >= 4 is 0 Å². The van der Waals surface area contributed by atoms with Crippen LogP contribution in [0.15, 0.2) is 18.3 Å². The first-order valence-electron chi connectivity index (χ1n) is 4.11. The van der Waals surface area contributed by atoms with Crippen molar-refractivity contribution in [2.75, 3.05) is 0 Å². The quantitative estimate of drug-likeness (QED) is 0.749. The highest BCUT2D eigenvalue weighted by Gasteiger charge is 2.05. The number of rotatable bonds is 3. The van der Waals surface area contributed by atoms with E-state index in [2.05, 4.69) is 11.9 Å². The summed E-state index contributed by atoms with van der Waals surface area (Å²) in [4.78, 5) is 3.90. The lowest BCUT2D eigenvalue weighted by Gasteiger charge is -2.08. The third-order valence-electron chi connectivity index (χ3n) is 1.73. The number of halogens is 1. The second-order valence-electron chi connectivity index (χ2n) is 2.80. The van der Waals surface area contributed by atoms with Gasteiger partial charge in [-0.15, -0.1) is 0 Å². The molecule has 0 radical (unpaired) electrons. The van der Waals surface area contributed by atoms with E-state index in [1.807, 2.05) is 0 Å². The Balaban J connectivity index is 2.68. The van der Waals surface area contributed by atoms with E-state index in [0.29, 0.717) is 0 Å². The molecular weight excluding hydrogens is 155 g/mol. The highest BCUT2D eigenvalue weighted by molar-refractivity contribution is 5.08. The summed E-state index contributed by atoms with van der Waals surface area (Å²) in [6.45, 7) is 2.06. The lowest BCUT2D eigenvalue weighted by molar-refractivity contribution is 0.597. The van der Waals surface area contributed by atoms with Gasteiger partial charge in [0.15, 0.2) is 0 Å². The minimum atomic E-state index is -0.317. The van der Waals surface area contributed by atoms with Gasteiger partial charge in [0.05, 0.1) is 11.9 Å². The molecule has 1 aromatic heterocycles. The third kappa shape index (κ3) is 2.27. The van der Waals surface area contributed by atoms with Gasteiger partial charge in [0.1, 0.15) is 5.82 Å². The first kappa shape index (κ1) is 9.13. The Kier molecular flexibility index (Phi) is 3.17. The van der Waals surface area contributed by atoms with Gasteiger partial charge >= 0.3 is 0 Å². The summed E-state index contributed by atoms with van der Waals surface area (Å²) in [6.07, 6.45) is 3.10. The second kappa shape index (κ2) is 4.16. The summed E-state index contributed by atoms with van der Waals surface area (Å²) in [5.41, 5.74) is 6.53. The largest absolute Gasteiger partial charge is 0.323 e. The van der Waals surface area contributed by atoms with Crippen LogP contribution in [0.3, 0.4) is 0 Å². The fraction of sp³-hybridized carbons (Fsp3) is 0.444. The Bertz CT molecular complexity index is 233. The number of nitrogens with zero attached hydrogens (tertiary/aromatic N) is 1. The van der Waals surface area contributed by atoms with E-state index in [4.69, 9.17) is 5.73 Å². The van der Waals surface area contributed by atoms with Crippen LogP contribution in [0.1, 0.15) is 31.5 Å². The van der Waals surface area contributed by atoms with Crippen molar-refractivity contribution in [3.05, 3.63) is 29.8 Å². The molecule has 3 heteroatoms. The van der Waals surface area contributed by atoms with Crippen LogP contribution < -0.4 is 5.73 Å². The van der Waals surface area contributed by atoms with E-state index >= 15 is 0 Å². The van der Waals surface area contributed by atoms with Crippen molar-refractivity contribution in [2.24, 2.45) is 5.73 Å². The molecule has 0 saturated carbocycles. The zero-order chi connectivity index (χ0) is 8.97. The van der Waals surface area contributed by atoms with Gasteiger partial charge < -0.3 is 5.73 Å². The van der Waals surface area contributed by atoms with Crippen molar-refractivity contribution in [1.82, 2.24) is 4.98 Å². The SMILES string of the molecule is CCC[C@H](N)c1ccc(F)cn1. The molecule has 0 aromatic carbocycles. The van der Waals surface area contributed by atoms with E-state index < -0.39 is 0 Å². The Morgan fingerprint density at radius 2 is 2.33 bits per heavy atom. The standard InChI is InChI=1S/C9H13FN2/c1-2-3-8(11)9-5-4-7(10)6-12-9/h4-6,8H,2-3,11H2,1H3/t8-/m0/s1. The van der Waals surface area contributed by atoms with Gasteiger partial charge in [-0.05, 0) is 18.6 Å². The van der Waals surface area contributed by atoms with E-state index in [1.54, 1.807) is 6.07 Å². The van der Waals surface area contributed by atoms with Gasteiger partial charge in [0.25, 0.3) is 0 Å². The van der Waals surface area contributed by atoms with Gasteiger partial charge in [0.2, 0.25) is 0 Å². The second-order valence-corrected chi connectivity index (χ2v) is 2.80. The molecule has 0 amide bonds. The Hall–Kier alpha value is -0.960. The number of hydrogen-bond acceptors (Lipinski definition) is 2. The lowest BCUT2D eigenvalue weighted by atomic mass is 10.1. The molecule has 1 aromatic rings. The number of aromatic nitrogens is 1. The summed E-state index contributed by atoms with van der Waals surface area (Å²) in [6, 6.07) is 2.96. The Morgan fingerprint density at radius 1 is 1.58 bits per heavy atom. The van der Waals surface area contributed by atoms with Crippen molar-refractivity contribution < 1.29 is 4.39 Å². The third-order valence-corrected chi connectivity index (χ3v) is 1.73. The van der Waals surface area contributed by atoms with E-state index in [9.17, 15) is 4.39 Å². The summed E-state index contributed by atoms with van der Waals surface area (Å²) >= 11 is 0. The normalized spacial score (nSPS) is 12.9. The number of pyridine rings is 1. The average molecular weight is 168 g/mol. The van der Waals surface area contributed by atoms with Gasteiger partial charge in [-0.2, -0.15) is 0 Å². The maximum absolute atomic E-state index is 12.4. The van der Waals surface area contributed by atoms with Crippen LogP contribution in [0, 0.1) is 5.82 Å². The Morgan fingerprint density at radius 3 is 2.83 bits per heavy atom. The zero-order valence-electron chi connectivity index (χ0n) is 7.13. The van der Waals surface area contributed by atoms with Gasteiger partial charge in [-0.25, -0.2) is 4.39 Å². The minimum absolute atomic E-state index is 0.0596. The lowest BCUT2D eigenvalue weighted by Crippen LogP contribution is -2.11. The average Bonchev–Trinajstić information content (AvgIpc) is 2.06. The fourth-order valence-corrected chi connectivity index (χ4v) is 1.07. The Labute approximate surface area is 71.6 Å². The number of hydrogen-bond donors (Lipinski definition) is 1. The van der Waals surface area contributed by atoms with Crippen molar-refractivity contribution in [1.29, 1.82) is 0 Å². The molecule has 1 rings (SSSR count). The predicted octanol–water partition coefficient (Wildman–Crippen LogP) is 2.02. The molecule has 0 unspecified atom stereocenters. The first-order valence-corrected chi connectivity index (χ1v) is 4.11. The van der Waals surface area contributed by atoms with Crippen molar-refractivity contribution in [2.45, 2.75) is 25.8 Å². The molecule has 0 spiro atoms. The fourth-order valence-electron chi connectivity index (χ4n) is 1.07. The monoisotopic (exact) mass is 168 g/mol. The molecule has 2 N–H and O–H groups in total. The van der Waals surface area contributed by atoms with E-state index in [1.165, 1.54) is 12.3 Å². The number of nitrogens with two attached hydrogens (primary N) is 1. The molecule has 1 atom stereocenters. The van der Waals surface area contributed by atoms with Crippen molar-refractivity contribution in [3.8, 4) is 0 Å². The van der Waals surface area contributed by atoms with E-state index in [0.717, 1.165) is 18.5 Å². The van der Waals surface area contributed by atoms with Crippen LogP contribution >= 0.6 is 0 Å². The van der Waals surface area contributed by atoms with Crippen molar-refractivity contribution in [3.63, 3.8) is 0 Å². The van der Waals surface area contributed by atoms with Crippen LogP contribution in [0.4, 0.5) is 4.39 Å². The summed E-state index contributed by atoms with van der Waals surface area (Å²) in [5, 5.41) is 0. The molecular formula is C9H13FN2. The smallest absolute Gasteiger partial charge is 0.141 e. The zero-order valence-corrected chi connectivity index (χ0v) is 7.13. The van der Waals surface area contributed by atoms with Gasteiger partial charge in [-0.3, -0.25) is 4.98 Å². The maximum atomic E-state index is 12.4.